The molecule has 0 amide bonds. The van der Waals surface area contributed by atoms with Crippen molar-refractivity contribution in [3.63, 3.8) is 0 Å². The van der Waals surface area contributed by atoms with E-state index in [1.54, 1.807) is 6.07 Å². The fraction of sp³-hybridized carbons (Fsp3) is 0.714. The number of halogens is 5. The fourth-order valence-corrected chi connectivity index (χ4v) is 4.77. The van der Waals surface area contributed by atoms with E-state index in [0.717, 1.165) is 63.7 Å². The highest BCUT2D eigenvalue weighted by molar-refractivity contribution is 5.85. The van der Waals surface area contributed by atoms with Crippen molar-refractivity contribution in [3.8, 4) is 5.75 Å². The van der Waals surface area contributed by atoms with Crippen LogP contribution in [0.4, 0.5) is 13.2 Å². The van der Waals surface area contributed by atoms with Gasteiger partial charge in [0.15, 0.2) is 0 Å². The molecule has 1 aliphatic heterocycles. The Hall–Kier alpha value is -0.730. The molecule has 1 saturated carbocycles. The lowest BCUT2D eigenvalue weighted by Crippen LogP contribution is -2.47. The van der Waals surface area contributed by atoms with E-state index in [1.165, 1.54) is 12.1 Å². The molecule has 30 heavy (non-hydrogen) atoms. The Bertz CT molecular complexity index is 637. The molecule has 0 bridgehead atoms. The van der Waals surface area contributed by atoms with Crippen LogP contribution in [0.3, 0.4) is 0 Å². The lowest BCUT2D eigenvalue weighted by atomic mass is 9.74. The summed E-state index contributed by atoms with van der Waals surface area (Å²) < 4.78 is 42.1. The number of hydrogen-bond acceptors (Lipinski definition) is 4. The van der Waals surface area contributed by atoms with Gasteiger partial charge in [0.05, 0.1) is 6.10 Å². The van der Waals surface area contributed by atoms with Gasteiger partial charge >= 0.3 is 6.36 Å². The van der Waals surface area contributed by atoms with E-state index in [1.807, 2.05) is 13.1 Å². The van der Waals surface area contributed by atoms with Gasteiger partial charge in [-0.15, -0.1) is 38.0 Å². The molecule has 2 N–H and O–H groups in total. The van der Waals surface area contributed by atoms with Gasteiger partial charge in [-0.3, -0.25) is 0 Å². The Morgan fingerprint density at radius 2 is 1.90 bits per heavy atom. The summed E-state index contributed by atoms with van der Waals surface area (Å²) in [5, 5.41) is 14.0. The van der Waals surface area contributed by atoms with Crippen LogP contribution in [0.5, 0.6) is 5.75 Å². The summed E-state index contributed by atoms with van der Waals surface area (Å²) in [5.74, 6) is -0.139. The van der Waals surface area contributed by atoms with Gasteiger partial charge < -0.3 is 20.1 Å². The van der Waals surface area contributed by atoms with Gasteiger partial charge in [0.1, 0.15) is 5.75 Å². The first-order valence-electron chi connectivity index (χ1n) is 10.3. The molecule has 174 valence electrons. The minimum Gasteiger partial charge on any atom is -0.406 e. The second kappa shape index (κ2) is 12.3. The quantitative estimate of drug-likeness (QED) is 0.626. The van der Waals surface area contributed by atoms with Crippen LogP contribution in [0.15, 0.2) is 24.3 Å². The summed E-state index contributed by atoms with van der Waals surface area (Å²) in [6.45, 7) is 2.65. The molecule has 3 unspecified atom stereocenters. The maximum absolute atomic E-state index is 12.7. The van der Waals surface area contributed by atoms with E-state index >= 15 is 0 Å². The molecule has 9 heteroatoms. The van der Waals surface area contributed by atoms with E-state index in [-0.39, 0.29) is 42.4 Å². The average Bonchev–Trinajstić information content (AvgIpc) is 2.66. The number of aliphatic hydroxyl groups excluding tert-OH is 1. The number of nitrogens with zero attached hydrogens (tertiary/aromatic N) is 1. The number of likely N-dealkylation sites (tertiary alicyclic amines) is 1. The van der Waals surface area contributed by atoms with Gasteiger partial charge in [-0.05, 0) is 62.9 Å². The number of piperidine rings is 1. The minimum atomic E-state index is -4.70. The lowest BCUT2D eigenvalue weighted by molar-refractivity contribution is -0.274. The third-order valence-corrected chi connectivity index (χ3v) is 6.19. The highest BCUT2D eigenvalue weighted by atomic mass is 35.5. The summed E-state index contributed by atoms with van der Waals surface area (Å²) in [6, 6.07) is 6.76. The van der Waals surface area contributed by atoms with Gasteiger partial charge in [0, 0.05) is 25.0 Å². The highest BCUT2D eigenvalue weighted by Crippen LogP contribution is 2.38. The Kier molecular flexibility index (Phi) is 11.2. The standard InChI is InChI=1S/C21H31F3N2O2.2ClH/c1-25-16-7-5-11-26(13-16)14-19(18-9-2-3-10-20(18)27)15-6-4-8-17(12-15)28-21(22,23)24;;/h4,6,8,12,16,18-20,25,27H,2-3,5,7,9-11,13-14H2,1H3;2*1H/t16-,18?,19?,20?;;/m0../s1. The molecule has 0 radical (unpaired) electrons. The maximum atomic E-state index is 12.7. The molecule has 0 spiro atoms. The van der Waals surface area contributed by atoms with Crippen LogP contribution >= 0.6 is 24.8 Å². The van der Waals surface area contributed by atoms with Crippen molar-refractivity contribution in [3.05, 3.63) is 29.8 Å². The molecule has 0 aromatic heterocycles. The maximum Gasteiger partial charge on any atom is 0.573 e. The Balaban J connectivity index is 0.00000225. The summed E-state index contributed by atoms with van der Waals surface area (Å²) in [7, 11) is 1.97. The second-order valence-corrected chi connectivity index (χ2v) is 8.13. The number of likely N-dealkylation sites (N-methyl/N-ethyl adjacent to an activating group) is 1. The summed E-state index contributed by atoms with van der Waals surface area (Å²) in [4.78, 5) is 2.38. The van der Waals surface area contributed by atoms with Crippen molar-refractivity contribution in [1.29, 1.82) is 0 Å². The number of benzene rings is 1. The third kappa shape index (κ3) is 7.75. The lowest BCUT2D eigenvalue weighted by Gasteiger charge is -2.40. The highest BCUT2D eigenvalue weighted by Gasteiger charge is 2.35. The monoisotopic (exact) mass is 472 g/mol. The minimum absolute atomic E-state index is 0. The fourth-order valence-electron chi connectivity index (χ4n) is 4.77. The number of aliphatic hydroxyl groups is 1. The smallest absolute Gasteiger partial charge is 0.406 e. The predicted octanol–water partition coefficient (Wildman–Crippen LogP) is 4.75. The van der Waals surface area contributed by atoms with Crippen molar-refractivity contribution >= 4 is 24.8 Å². The second-order valence-electron chi connectivity index (χ2n) is 8.13. The van der Waals surface area contributed by atoms with E-state index in [4.69, 9.17) is 0 Å². The molecule has 2 aliphatic rings. The van der Waals surface area contributed by atoms with Crippen LogP contribution in [0.2, 0.25) is 0 Å². The summed E-state index contributed by atoms with van der Waals surface area (Å²) in [6.07, 6.45) is 0.852. The van der Waals surface area contributed by atoms with Crippen molar-refractivity contribution in [2.75, 3.05) is 26.7 Å². The molecular weight excluding hydrogens is 440 g/mol. The number of ether oxygens (including phenoxy) is 1. The van der Waals surface area contributed by atoms with Crippen molar-refractivity contribution in [2.24, 2.45) is 5.92 Å². The Morgan fingerprint density at radius 1 is 1.17 bits per heavy atom. The van der Waals surface area contributed by atoms with Crippen LogP contribution in [0, 0.1) is 5.92 Å². The zero-order chi connectivity index (χ0) is 20.1. The zero-order valence-corrected chi connectivity index (χ0v) is 18.9. The van der Waals surface area contributed by atoms with Gasteiger partial charge in [0.2, 0.25) is 0 Å². The molecule has 1 aromatic rings. The van der Waals surface area contributed by atoms with E-state index < -0.39 is 12.5 Å². The van der Waals surface area contributed by atoms with Gasteiger partial charge in [-0.2, -0.15) is 0 Å². The average molecular weight is 473 g/mol. The van der Waals surface area contributed by atoms with Crippen molar-refractivity contribution < 1.29 is 23.0 Å². The molecule has 1 aromatic carbocycles. The van der Waals surface area contributed by atoms with E-state index in [2.05, 4.69) is 15.0 Å². The molecule has 4 nitrogen and oxygen atoms in total. The van der Waals surface area contributed by atoms with E-state index in [9.17, 15) is 18.3 Å². The van der Waals surface area contributed by atoms with Crippen molar-refractivity contribution in [1.82, 2.24) is 10.2 Å². The number of hydrogen-bond donors (Lipinski definition) is 2. The first-order chi connectivity index (χ1) is 13.4. The van der Waals surface area contributed by atoms with Crippen LogP contribution < -0.4 is 10.1 Å². The van der Waals surface area contributed by atoms with Crippen LogP contribution in [0.25, 0.3) is 0 Å². The number of rotatable bonds is 6. The van der Waals surface area contributed by atoms with Crippen LogP contribution in [0.1, 0.15) is 50.0 Å². The first kappa shape index (κ1) is 27.3. The topological polar surface area (TPSA) is 44.7 Å². The predicted molar refractivity (Wildman–Crippen MR) is 117 cm³/mol. The number of alkyl halides is 3. The molecular formula is C21H33Cl2F3N2O2. The van der Waals surface area contributed by atoms with Crippen LogP contribution in [-0.4, -0.2) is 55.2 Å². The van der Waals surface area contributed by atoms with E-state index in [0.29, 0.717) is 6.04 Å². The SMILES string of the molecule is CN[C@H]1CCCN(CC(c2cccc(OC(F)(F)F)c2)C2CCCCC2O)C1.Cl.Cl. The molecule has 4 atom stereocenters. The Labute approximate surface area is 189 Å². The largest absolute Gasteiger partial charge is 0.573 e. The molecule has 3 rings (SSSR count). The van der Waals surface area contributed by atoms with Crippen molar-refractivity contribution in [2.45, 2.75) is 63.0 Å². The molecule has 1 aliphatic carbocycles. The van der Waals surface area contributed by atoms with Gasteiger partial charge in [0.25, 0.3) is 0 Å². The Morgan fingerprint density at radius 3 is 2.57 bits per heavy atom. The van der Waals surface area contributed by atoms with Gasteiger partial charge in [-0.1, -0.05) is 25.0 Å². The van der Waals surface area contributed by atoms with Gasteiger partial charge in [-0.25, -0.2) is 0 Å². The normalized spacial score (nSPS) is 26.2. The molecule has 2 fully saturated rings. The summed E-state index contributed by atoms with van der Waals surface area (Å²) >= 11 is 0. The van der Waals surface area contributed by atoms with Crippen LogP contribution in [-0.2, 0) is 0 Å². The molecule has 1 saturated heterocycles. The first-order valence-corrected chi connectivity index (χ1v) is 10.3. The molecule has 1 heterocycles. The summed E-state index contributed by atoms with van der Waals surface area (Å²) in [5.41, 5.74) is 0.819. The third-order valence-electron chi connectivity index (χ3n) is 6.19. The zero-order valence-electron chi connectivity index (χ0n) is 17.2. The number of nitrogens with one attached hydrogen (secondary N) is 1.